The Hall–Kier alpha value is -2.33. The summed E-state index contributed by atoms with van der Waals surface area (Å²) in [6.07, 6.45) is -0.000228. The number of benzene rings is 2. The molecule has 2 N–H and O–H groups in total. The van der Waals surface area contributed by atoms with Gasteiger partial charge in [-0.15, -0.1) is 0 Å². The van der Waals surface area contributed by atoms with Crippen LogP contribution in [0.5, 0.6) is 5.75 Å². The number of ether oxygens (including phenoxy) is 1. The number of aliphatic hydroxyl groups excluding tert-OH is 1. The van der Waals surface area contributed by atoms with E-state index >= 15 is 0 Å². The number of rotatable bonds is 6. The maximum atomic E-state index is 10.0. The van der Waals surface area contributed by atoms with E-state index in [-0.39, 0.29) is 6.61 Å². The first-order valence-corrected chi connectivity index (χ1v) is 6.91. The second-order valence-corrected chi connectivity index (χ2v) is 4.66. The van der Waals surface area contributed by atoms with E-state index in [1.54, 1.807) is 12.1 Å². The maximum Gasteiger partial charge on any atom is 0.119 e. The first-order chi connectivity index (χ1) is 10.2. The molecule has 4 nitrogen and oxygen atoms in total. The van der Waals surface area contributed by atoms with Crippen LogP contribution in [0.25, 0.3) is 0 Å². The van der Waals surface area contributed by atoms with Crippen LogP contribution in [0, 0.1) is 0 Å². The Morgan fingerprint density at radius 3 is 2.33 bits per heavy atom. The van der Waals surface area contributed by atoms with Crippen molar-refractivity contribution < 1.29 is 15.1 Å². The summed E-state index contributed by atoms with van der Waals surface area (Å²) < 4.78 is 5.57. The number of nitrogens with zero attached hydrogens (tertiary/aromatic N) is 1. The summed E-state index contributed by atoms with van der Waals surface area (Å²) in [5.74, 6) is 0.669. The van der Waals surface area contributed by atoms with Crippen LogP contribution >= 0.6 is 0 Å². The first-order valence-electron chi connectivity index (χ1n) is 6.91. The lowest BCUT2D eigenvalue weighted by Crippen LogP contribution is -2.09. The van der Waals surface area contributed by atoms with Gasteiger partial charge in [0.2, 0.25) is 0 Å². The standard InChI is InChI=1S/C17H19NO3/c1-2-16(18-20)13-8-10-15(11-9-13)21-12-17(19)14-6-4-3-5-7-14/h3-11,17,19-20H,2,12H2,1H3/b18-16+. The monoisotopic (exact) mass is 285 g/mol. The smallest absolute Gasteiger partial charge is 0.119 e. The Kier molecular flexibility index (Phi) is 5.35. The summed E-state index contributed by atoms with van der Waals surface area (Å²) >= 11 is 0. The molecule has 1 unspecified atom stereocenters. The van der Waals surface area contributed by atoms with Crippen LogP contribution in [0.3, 0.4) is 0 Å². The van der Waals surface area contributed by atoms with Crippen molar-refractivity contribution in [2.45, 2.75) is 19.4 Å². The molecule has 0 aliphatic carbocycles. The molecule has 0 aliphatic rings. The summed E-state index contributed by atoms with van der Waals surface area (Å²) in [6, 6.07) is 16.7. The van der Waals surface area contributed by atoms with Crippen LogP contribution in [0.15, 0.2) is 59.8 Å². The van der Waals surface area contributed by atoms with E-state index in [0.29, 0.717) is 17.9 Å². The zero-order valence-corrected chi connectivity index (χ0v) is 11.9. The van der Waals surface area contributed by atoms with Gasteiger partial charge in [0.15, 0.2) is 0 Å². The highest BCUT2D eigenvalue weighted by molar-refractivity contribution is 6.00. The fourth-order valence-electron chi connectivity index (χ4n) is 2.02. The van der Waals surface area contributed by atoms with Gasteiger partial charge in [0, 0.05) is 0 Å². The summed E-state index contributed by atoms with van der Waals surface area (Å²) in [5.41, 5.74) is 2.32. The number of aliphatic hydroxyl groups is 1. The lowest BCUT2D eigenvalue weighted by Gasteiger charge is -2.13. The molecule has 2 rings (SSSR count). The molecule has 21 heavy (non-hydrogen) atoms. The molecule has 2 aromatic rings. The molecule has 0 aromatic heterocycles. The molecular weight excluding hydrogens is 266 g/mol. The molecule has 0 amide bonds. The third-order valence-corrected chi connectivity index (χ3v) is 3.24. The Bertz CT molecular complexity index is 579. The van der Waals surface area contributed by atoms with Crippen LogP contribution in [-0.4, -0.2) is 22.6 Å². The molecular formula is C17H19NO3. The number of hydrogen-bond acceptors (Lipinski definition) is 4. The van der Waals surface area contributed by atoms with Crippen molar-refractivity contribution in [1.29, 1.82) is 0 Å². The zero-order valence-electron chi connectivity index (χ0n) is 11.9. The van der Waals surface area contributed by atoms with Gasteiger partial charge in [-0.1, -0.05) is 42.4 Å². The van der Waals surface area contributed by atoms with E-state index in [9.17, 15) is 5.11 Å². The van der Waals surface area contributed by atoms with Crippen molar-refractivity contribution in [2.24, 2.45) is 5.16 Å². The third kappa shape index (κ3) is 4.07. The minimum atomic E-state index is -0.656. The zero-order chi connectivity index (χ0) is 15.1. The van der Waals surface area contributed by atoms with Gasteiger partial charge in [-0.05, 0) is 41.8 Å². The van der Waals surface area contributed by atoms with Crippen molar-refractivity contribution in [3.63, 3.8) is 0 Å². The van der Waals surface area contributed by atoms with Gasteiger partial charge in [-0.25, -0.2) is 0 Å². The van der Waals surface area contributed by atoms with Gasteiger partial charge >= 0.3 is 0 Å². The van der Waals surface area contributed by atoms with Crippen molar-refractivity contribution in [2.75, 3.05) is 6.61 Å². The van der Waals surface area contributed by atoms with Crippen LogP contribution < -0.4 is 4.74 Å². The van der Waals surface area contributed by atoms with Crippen LogP contribution in [-0.2, 0) is 0 Å². The maximum absolute atomic E-state index is 10.0. The molecule has 4 heteroatoms. The topological polar surface area (TPSA) is 62.1 Å². The molecule has 2 aromatic carbocycles. The molecule has 0 aliphatic heterocycles. The second kappa shape index (κ2) is 7.45. The largest absolute Gasteiger partial charge is 0.491 e. The third-order valence-electron chi connectivity index (χ3n) is 3.24. The SMILES string of the molecule is CC/C(=N\O)c1ccc(OCC(O)c2ccccc2)cc1. The van der Waals surface area contributed by atoms with E-state index in [1.807, 2.05) is 49.4 Å². The van der Waals surface area contributed by atoms with Gasteiger partial charge in [0.25, 0.3) is 0 Å². The number of oxime groups is 1. The van der Waals surface area contributed by atoms with E-state index in [2.05, 4.69) is 5.16 Å². The Balaban J connectivity index is 1.95. The summed E-state index contributed by atoms with van der Waals surface area (Å²) in [7, 11) is 0. The van der Waals surface area contributed by atoms with Crippen molar-refractivity contribution in [3.8, 4) is 5.75 Å². The van der Waals surface area contributed by atoms with Gasteiger partial charge in [0.1, 0.15) is 18.5 Å². The average Bonchev–Trinajstić information content (AvgIpc) is 2.55. The summed E-state index contributed by atoms with van der Waals surface area (Å²) in [5, 5.41) is 22.2. The van der Waals surface area contributed by atoms with E-state index in [4.69, 9.17) is 9.94 Å². The highest BCUT2D eigenvalue weighted by Gasteiger charge is 2.08. The molecule has 0 saturated heterocycles. The average molecular weight is 285 g/mol. The summed E-state index contributed by atoms with van der Waals surface area (Å²) in [6.45, 7) is 2.12. The van der Waals surface area contributed by atoms with Gasteiger partial charge in [-0.3, -0.25) is 0 Å². The van der Waals surface area contributed by atoms with Crippen LogP contribution in [0.1, 0.15) is 30.6 Å². The van der Waals surface area contributed by atoms with Crippen molar-refractivity contribution in [3.05, 3.63) is 65.7 Å². The minimum absolute atomic E-state index is 0.193. The fourth-order valence-corrected chi connectivity index (χ4v) is 2.02. The number of hydrogen-bond donors (Lipinski definition) is 2. The van der Waals surface area contributed by atoms with Crippen LogP contribution in [0.4, 0.5) is 0 Å². The predicted molar refractivity (Wildman–Crippen MR) is 82.0 cm³/mol. The predicted octanol–water partition coefficient (Wildman–Crippen LogP) is 3.39. The molecule has 0 saturated carbocycles. The Morgan fingerprint density at radius 2 is 1.76 bits per heavy atom. The lowest BCUT2D eigenvalue weighted by atomic mass is 10.1. The first kappa shape index (κ1) is 15.1. The lowest BCUT2D eigenvalue weighted by molar-refractivity contribution is 0.108. The van der Waals surface area contributed by atoms with Gasteiger partial charge in [0.05, 0.1) is 5.71 Å². The fraction of sp³-hybridized carbons (Fsp3) is 0.235. The molecule has 0 radical (unpaired) electrons. The highest BCUT2D eigenvalue weighted by atomic mass is 16.5. The molecule has 110 valence electrons. The van der Waals surface area contributed by atoms with E-state index < -0.39 is 6.10 Å². The molecule has 0 bridgehead atoms. The Labute approximate surface area is 124 Å². The summed E-state index contributed by atoms with van der Waals surface area (Å²) in [4.78, 5) is 0. The molecule has 0 spiro atoms. The van der Waals surface area contributed by atoms with Crippen molar-refractivity contribution >= 4 is 5.71 Å². The molecule has 0 fully saturated rings. The van der Waals surface area contributed by atoms with Gasteiger partial charge in [-0.2, -0.15) is 0 Å². The molecule has 1 atom stereocenters. The van der Waals surface area contributed by atoms with Crippen molar-refractivity contribution in [1.82, 2.24) is 0 Å². The van der Waals surface area contributed by atoms with E-state index in [1.165, 1.54) is 0 Å². The Morgan fingerprint density at radius 1 is 1.10 bits per heavy atom. The highest BCUT2D eigenvalue weighted by Crippen LogP contribution is 2.17. The van der Waals surface area contributed by atoms with Crippen LogP contribution in [0.2, 0.25) is 0 Å². The van der Waals surface area contributed by atoms with E-state index in [0.717, 1.165) is 11.1 Å². The minimum Gasteiger partial charge on any atom is -0.491 e. The normalized spacial score (nSPS) is 13.0. The van der Waals surface area contributed by atoms with Gasteiger partial charge < -0.3 is 15.1 Å². The quantitative estimate of drug-likeness (QED) is 0.486. The second-order valence-electron chi connectivity index (χ2n) is 4.66. The molecule has 0 heterocycles.